The minimum atomic E-state index is -3.75. The van der Waals surface area contributed by atoms with Crippen LogP contribution in [-0.4, -0.2) is 30.5 Å². The molecule has 6 nitrogen and oxygen atoms in total. The highest BCUT2D eigenvalue weighted by atomic mass is 32.2. The molecule has 0 saturated heterocycles. The largest absolute Gasteiger partial charge is 0.481 e. The number of hydrogen-bond donors (Lipinski definition) is 2. The van der Waals surface area contributed by atoms with E-state index in [1.807, 2.05) is 30.3 Å². The number of carboxylic acid groups (broad SMARTS) is 1. The average Bonchev–Trinajstić information content (AvgIpc) is 3.20. The van der Waals surface area contributed by atoms with E-state index >= 15 is 0 Å². The van der Waals surface area contributed by atoms with E-state index in [2.05, 4.69) is 15.8 Å². The molecule has 1 aliphatic carbocycles. The summed E-state index contributed by atoms with van der Waals surface area (Å²) in [5, 5.41) is 8.91. The molecule has 0 amide bonds. The minimum Gasteiger partial charge on any atom is -0.481 e. The molecule has 1 heterocycles. The third-order valence-electron chi connectivity index (χ3n) is 5.81. The molecule has 1 unspecified atom stereocenters. The quantitative estimate of drug-likeness (QED) is 0.444. The van der Waals surface area contributed by atoms with E-state index in [9.17, 15) is 17.6 Å². The Hall–Kier alpha value is -3.36. The standard InChI is InChI=1S/C26H25FN2O4S/c27-22-9-11-24(12-10-22)34(32,33)29-23-15-18-7-8-19(14-21(18)16-23)25(5-1-2-6-26(30)31)20-4-3-13-28-17-20/h3-5,7-14,17,23,29H,1-2,6,15-16H2,(H,30,31)/b25-5-. The van der Waals surface area contributed by atoms with Crippen molar-refractivity contribution in [3.63, 3.8) is 0 Å². The normalized spacial score (nSPS) is 15.8. The van der Waals surface area contributed by atoms with Gasteiger partial charge in [-0.2, -0.15) is 0 Å². The molecule has 0 aliphatic heterocycles. The van der Waals surface area contributed by atoms with E-state index in [-0.39, 0.29) is 17.4 Å². The Kier molecular flexibility index (Phi) is 7.19. The maximum atomic E-state index is 13.2. The molecule has 0 saturated carbocycles. The second-order valence-corrected chi connectivity index (χ2v) is 10.0. The van der Waals surface area contributed by atoms with Gasteiger partial charge in [-0.1, -0.05) is 30.3 Å². The highest BCUT2D eigenvalue weighted by molar-refractivity contribution is 7.89. The summed E-state index contributed by atoms with van der Waals surface area (Å²) < 4.78 is 41.3. The molecule has 2 N–H and O–H groups in total. The van der Waals surface area contributed by atoms with Crippen LogP contribution in [0.2, 0.25) is 0 Å². The van der Waals surface area contributed by atoms with Crippen molar-refractivity contribution in [1.82, 2.24) is 9.71 Å². The van der Waals surface area contributed by atoms with Crippen molar-refractivity contribution in [3.8, 4) is 0 Å². The molecule has 4 rings (SSSR count). The van der Waals surface area contributed by atoms with E-state index in [1.54, 1.807) is 12.4 Å². The highest BCUT2D eigenvalue weighted by Crippen LogP contribution is 2.30. The number of aliphatic carboxylic acids is 1. The maximum absolute atomic E-state index is 13.2. The predicted octanol–water partition coefficient (Wildman–Crippen LogP) is 4.35. The van der Waals surface area contributed by atoms with Crippen molar-refractivity contribution in [2.45, 2.75) is 43.0 Å². The summed E-state index contributed by atoms with van der Waals surface area (Å²) in [7, 11) is -3.75. The summed E-state index contributed by atoms with van der Waals surface area (Å²) in [5.41, 5.74) is 5.02. The van der Waals surface area contributed by atoms with E-state index in [4.69, 9.17) is 5.11 Å². The number of carbonyl (C=O) groups is 1. The van der Waals surface area contributed by atoms with Crippen LogP contribution in [0, 0.1) is 5.82 Å². The molecular weight excluding hydrogens is 455 g/mol. The number of hydrogen-bond acceptors (Lipinski definition) is 4. The van der Waals surface area contributed by atoms with Gasteiger partial charge in [-0.05, 0) is 78.3 Å². The molecule has 3 aromatic rings. The fraction of sp³-hybridized carbons (Fsp3) is 0.231. The summed E-state index contributed by atoms with van der Waals surface area (Å²) in [6.07, 6.45) is 7.89. The molecule has 2 aromatic carbocycles. The van der Waals surface area contributed by atoms with Crippen LogP contribution in [0.3, 0.4) is 0 Å². The van der Waals surface area contributed by atoms with Crippen molar-refractivity contribution in [3.05, 3.63) is 101 Å². The van der Waals surface area contributed by atoms with Gasteiger partial charge in [0.2, 0.25) is 10.0 Å². The van der Waals surface area contributed by atoms with Crippen LogP contribution in [0.1, 0.15) is 41.5 Å². The Balaban J connectivity index is 1.53. The Morgan fingerprint density at radius 3 is 2.56 bits per heavy atom. The third kappa shape index (κ3) is 5.76. The molecule has 0 radical (unpaired) electrons. The number of fused-ring (bicyclic) bond motifs is 1. The summed E-state index contributed by atoms with van der Waals surface area (Å²) in [6, 6.07) is 14.4. The van der Waals surface area contributed by atoms with Crippen molar-refractivity contribution >= 4 is 21.6 Å². The van der Waals surface area contributed by atoms with Crippen molar-refractivity contribution in [2.24, 2.45) is 0 Å². The first-order valence-corrected chi connectivity index (χ1v) is 12.5. The molecule has 34 heavy (non-hydrogen) atoms. The molecular formula is C26H25FN2O4S. The number of unbranched alkanes of at least 4 members (excludes halogenated alkanes) is 1. The fourth-order valence-electron chi connectivity index (χ4n) is 4.19. The number of halogens is 1. The van der Waals surface area contributed by atoms with Crippen LogP contribution in [0.25, 0.3) is 5.57 Å². The maximum Gasteiger partial charge on any atom is 0.303 e. The van der Waals surface area contributed by atoms with Gasteiger partial charge in [-0.25, -0.2) is 17.5 Å². The van der Waals surface area contributed by atoms with E-state index < -0.39 is 21.8 Å². The topological polar surface area (TPSA) is 96.4 Å². The summed E-state index contributed by atoms with van der Waals surface area (Å²) >= 11 is 0. The number of rotatable bonds is 9. The second kappa shape index (κ2) is 10.3. The highest BCUT2D eigenvalue weighted by Gasteiger charge is 2.27. The van der Waals surface area contributed by atoms with Crippen LogP contribution in [0.4, 0.5) is 4.39 Å². The Morgan fingerprint density at radius 1 is 1.09 bits per heavy atom. The monoisotopic (exact) mass is 480 g/mol. The Bertz CT molecular complexity index is 1310. The van der Waals surface area contributed by atoms with Gasteiger partial charge < -0.3 is 5.11 Å². The van der Waals surface area contributed by atoms with Crippen molar-refractivity contribution in [2.75, 3.05) is 0 Å². The van der Waals surface area contributed by atoms with Gasteiger partial charge in [0.25, 0.3) is 0 Å². The van der Waals surface area contributed by atoms with E-state index in [0.717, 1.165) is 40.0 Å². The van der Waals surface area contributed by atoms with Gasteiger partial charge in [0.05, 0.1) is 4.90 Å². The SMILES string of the molecule is O=C(O)CCC/C=C(\c1cccnc1)c1ccc2c(c1)CC(NS(=O)(=O)c1ccc(F)cc1)C2. The van der Waals surface area contributed by atoms with Gasteiger partial charge in [0.1, 0.15) is 5.82 Å². The van der Waals surface area contributed by atoms with Gasteiger partial charge in [0, 0.05) is 30.4 Å². The lowest BCUT2D eigenvalue weighted by atomic mass is 9.95. The summed E-state index contributed by atoms with van der Waals surface area (Å²) in [4.78, 5) is 15.1. The number of carboxylic acids is 1. The Labute approximate surface area is 198 Å². The molecule has 8 heteroatoms. The second-order valence-electron chi connectivity index (χ2n) is 8.31. The molecule has 0 spiro atoms. The van der Waals surface area contributed by atoms with Crippen LogP contribution < -0.4 is 4.72 Å². The van der Waals surface area contributed by atoms with E-state index in [0.29, 0.717) is 25.7 Å². The summed E-state index contributed by atoms with van der Waals surface area (Å²) in [5.74, 6) is -1.30. The van der Waals surface area contributed by atoms with E-state index in [1.165, 1.54) is 12.1 Å². The number of benzene rings is 2. The molecule has 1 atom stereocenters. The van der Waals surface area contributed by atoms with Crippen LogP contribution >= 0.6 is 0 Å². The van der Waals surface area contributed by atoms with Crippen molar-refractivity contribution in [1.29, 1.82) is 0 Å². The van der Waals surface area contributed by atoms with Gasteiger partial charge >= 0.3 is 5.97 Å². The molecule has 0 bridgehead atoms. The van der Waals surface area contributed by atoms with Gasteiger partial charge in [-0.3, -0.25) is 9.78 Å². The first-order chi connectivity index (χ1) is 16.3. The molecule has 1 aliphatic rings. The molecule has 1 aromatic heterocycles. The summed E-state index contributed by atoms with van der Waals surface area (Å²) in [6.45, 7) is 0. The zero-order valence-corrected chi connectivity index (χ0v) is 19.3. The zero-order valence-electron chi connectivity index (χ0n) is 18.4. The Morgan fingerprint density at radius 2 is 1.85 bits per heavy atom. The number of pyridine rings is 1. The predicted molar refractivity (Wildman–Crippen MR) is 127 cm³/mol. The number of nitrogens with zero attached hydrogens (tertiary/aromatic N) is 1. The first-order valence-electron chi connectivity index (χ1n) is 11.0. The fourth-order valence-corrected chi connectivity index (χ4v) is 5.43. The minimum absolute atomic E-state index is 0.0358. The smallest absolute Gasteiger partial charge is 0.303 e. The zero-order chi connectivity index (χ0) is 24.1. The van der Waals surface area contributed by atoms with Crippen molar-refractivity contribution < 1.29 is 22.7 Å². The average molecular weight is 481 g/mol. The third-order valence-corrected chi connectivity index (χ3v) is 7.35. The number of allylic oxidation sites excluding steroid dienone is 1. The van der Waals surface area contributed by atoms with Crippen LogP contribution in [-0.2, 0) is 27.7 Å². The van der Waals surface area contributed by atoms with Crippen LogP contribution in [0.5, 0.6) is 0 Å². The first kappa shape index (κ1) is 23.8. The number of sulfonamides is 1. The van der Waals surface area contributed by atoms with Gasteiger partial charge in [-0.15, -0.1) is 0 Å². The lowest BCUT2D eigenvalue weighted by Crippen LogP contribution is -2.35. The number of nitrogens with one attached hydrogen (secondary N) is 1. The lowest BCUT2D eigenvalue weighted by Gasteiger charge is -2.12. The molecule has 0 fully saturated rings. The molecule has 176 valence electrons. The lowest BCUT2D eigenvalue weighted by molar-refractivity contribution is -0.137. The number of aromatic nitrogens is 1. The van der Waals surface area contributed by atoms with Crippen LogP contribution in [0.15, 0.2) is 78.0 Å². The van der Waals surface area contributed by atoms with Gasteiger partial charge in [0.15, 0.2) is 0 Å².